The van der Waals surface area contributed by atoms with Gasteiger partial charge in [0.25, 0.3) is 0 Å². The Morgan fingerprint density at radius 2 is 1.82 bits per heavy atom. The lowest BCUT2D eigenvalue weighted by atomic mass is 10.2. The van der Waals surface area contributed by atoms with E-state index in [-0.39, 0.29) is 11.9 Å². The third-order valence-electron chi connectivity index (χ3n) is 5.03. The minimum Gasteiger partial charge on any atom is -0.354 e. The Morgan fingerprint density at radius 1 is 1.11 bits per heavy atom. The summed E-state index contributed by atoms with van der Waals surface area (Å²) in [5.74, 6) is 2.20. The van der Waals surface area contributed by atoms with Crippen molar-refractivity contribution in [3.63, 3.8) is 0 Å². The zero-order chi connectivity index (χ0) is 20.3. The molecular formula is C21H28BrN5O. The van der Waals surface area contributed by atoms with Gasteiger partial charge in [-0.25, -0.2) is 9.97 Å². The molecular weight excluding hydrogens is 418 g/mol. The summed E-state index contributed by atoms with van der Waals surface area (Å²) in [6.45, 7) is 11.6. The number of halogens is 1. The van der Waals surface area contributed by atoms with E-state index in [4.69, 9.17) is 4.98 Å². The van der Waals surface area contributed by atoms with Crippen LogP contribution in [0.25, 0.3) is 0 Å². The molecule has 1 aromatic heterocycles. The van der Waals surface area contributed by atoms with Crippen molar-refractivity contribution >= 4 is 33.3 Å². The number of carbonyl (C=O) groups is 1. The van der Waals surface area contributed by atoms with Crippen molar-refractivity contribution in [3.8, 4) is 0 Å². The number of hydrogen-bond acceptors (Lipinski definition) is 5. The van der Waals surface area contributed by atoms with Gasteiger partial charge in [-0.3, -0.25) is 9.69 Å². The van der Waals surface area contributed by atoms with Crippen molar-refractivity contribution in [1.82, 2.24) is 14.9 Å². The molecule has 2 aromatic rings. The van der Waals surface area contributed by atoms with Gasteiger partial charge in [0, 0.05) is 54.0 Å². The Hall–Kier alpha value is -1.99. The molecule has 0 radical (unpaired) electrons. The smallest absolute Gasteiger partial charge is 0.241 e. The molecule has 2 heterocycles. The molecule has 1 aromatic carbocycles. The van der Waals surface area contributed by atoms with E-state index in [9.17, 15) is 4.79 Å². The summed E-state index contributed by atoms with van der Waals surface area (Å²) in [6.07, 6.45) is 0. The van der Waals surface area contributed by atoms with Crippen LogP contribution in [0.5, 0.6) is 0 Å². The van der Waals surface area contributed by atoms with Gasteiger partial charge in [0.2, 0.25) is 5.91 Å². The highest BCUT2D eigenvalue weighted by Gasteiger charge is 2.26. The number of carbonyl (C=O) groups excluding carboxylic acids is 1. The number of piperazine rings is 1. The number of nitrogens with zero attached hydrogens (tertiary/aromatic N) is 4. The van der Waals surface area contributed by atoms with Gasteiger partial charge in [-0.1, -0.05) is 35.8 Å². The molecule has 3 rings (SSSR count). The lowest BCUT2D eigenvalue weighted by Crippen LogP contribution is -2.53. The summed E-state index contributed by atoms with van der Waals surface area (Å²) < 4.78 is 0.951. The first kappa shape index (κ1) is 20.7. The van der Waals surface area contributed by atoms with Crippen molar-refractivity contribution < 1.29 is 4.79 Å². The molecule has 7 heteroatoms. The van der Waals surface area contributed by atoms with Gasteiger partial charge in [0.15, 0.2) is 0 Å². The molecule has 1 amide bonds. The monoisotopic (exact) mass is 445 g/mol. The topological polar surface area (TPSA) is 61.4 Å². The number of aryl methyl sites for hydroxylation is 1. The molecule has 1 aliphatic rings. The standard InChI is InChI=1S/C21H28BrN5O/c1-14(2)20-23-15(3)12-19(25-20)27-10-8-26(9-11-27)16(4)21(28)24-18-7-5-6-17(22)13-18/h5-7,12-14,16H,8-11H2,1-4H3,(H,24,28). The Labute approximate surface area is 175 Å². The molecule has 0 saturated carbocycles. The number of anilines is 2. The van der Waals surface area contributed by atoms with E-state index in [0.29, 0.717) is 5.92 Å². The SMILES string of the molecule is Cc1cc(N2CCN(C(C)C(=O)Nc3cccc(Br)c3)CC2)nc(C(C)C)n1. The molecule has 1 aliphatic heterocycles. The Kier molecular flexibility index (Phi) is 6.67. The van der Waals surface area contributed by atoms with Crippen LogP contribution in [0.4, 0.5) is 11.5 Å². The van der Waals surface area contributed by atoms with Crippen LogP contribution < -0.4 is 10.2 Å². The molecule has 1 unspecified atom stereocenters. The van der Waals surface area contributed by atoms with E-state index < -0.39 is 0 Å². The number of benzene rings is 1. The molecule has 1 atom stereocenters. The molecule has 6 nitrogen and oxygen atoms in total. The van der Waals surface area contributed by atoms with Gasteiger partial charge < -0.3 is 10.2 Å². The lowest BCUT2D eigenvalue weighted by molar-refractivity contribution is -0.120. The van der Waals surface area contributed by atoms with Crippen molar-refractivity contribution in [2.24, 2.45) is 0 Å². The number of nitrogens with one attached hydrogen (secondary N) is 1. The highest BCUT2D eigenvalue weighted by atomic mass is 79.9. The average molecular weight is 446 g/mol. The van der Waals surface area contributed by atoms with Crippen molar-refractivity contribution in [1.29, 1.82) is 0 Å². The molecule has 1 fully saturated rings. The van der Waals surface area contributed by atoms with Crippen molar-refractivity contribution in [3.05, 3.63) is 46.3 Å². The van der Waals surface area contributed by atoms with Crippen LogP contribution in [0, 0.1) is 6.92 Å². The van der Waals surface area contributed by atoms with Gasteiger partial charge in [0.1, 0.15) is 11.6 Å². The highest BCUT2D eigenvalue weighted by Crippen LogP contribution is 2.20. The minimum atomic E-state index is -0.181. The Balaban J connectivity index is 1.59. The average Bonchev–Trinajstić information content (AvgIpc) is 2.67. The molecule has 28 heavy (non-hydrogen) atoms. The predicted molar refractivity (Wildman–Crippen MR) is 117 cm³/mol. The zero-order valence-electron chi connectivity index (χ0n) is 16.9. The maximum absolute atomic E-state index is 12.6. The molecule has 0 spiro atoms. The summed E-state index contributed by atoms with van der Waals surface area (Å²) in [7, 11) is 0. The Bertz CT molecular complexity index is 833. The summed E-state index contributed by atoms with van der Waals surface area (Å²) in [6, 6.07) is 9.53. The second kappa shape index (κ2) is 9.01. The lowest BCUT2D eigenvalue weighted by Gasteiger charge is -2.38. The van der Waals surface area contributed by atoms with Gasteiger partial charge in [0.05, 0.1) is 6.04 Å². The highest BCUT2D eigenvalue weighted by molar-refractivity contribution is 9.10. The first-order valence-corrected chi connectivity index (χ1v) is 10.5. The van der Waals surface area contributed by atoms with Crippen LogP contribution in [0.15, 0.2) is 34.8 Å². The van der Waals surface area contributed by atoms with E-state index in [1.807, 2.05) is 44.2 Å². The van der Waals surface area contributed by atoms with Crippen LogP contribution in [0.2, 0.25) is 0 Å². The van der Waals surface area contributed by atoms with Gasteiger partial charge in [-0.05, 0) is 32.0 Å². The number of amides is 1. The maximum Gasteiger partial charge on any atom is 0.241 e. The third-order valence-corrected chi connectivity index (χ3v) is 5.53. The summed E-state index contributed by atoms with van der Waals surface area (Å²) in [5, 5.41) is 3.01. The molecule has 0 bridgehead atoms. The van der Waals surface area contributed by atoms with Crippen molar-refractivity contribution in [2.45, 2.75) is 39.7 Å². The van der Waals surface area contributed by atoms with Crippen LogP contribution >= 0.6 is 15.9 Å². The van der Waals surface area contributed by atoms with E-state index in [0.717, 1.165) is 53.7 Å². The van der Waals surface area contributed by atoms with Crippen molar-refractivity contribution in [2.75, 3.05) is 36.4 Å². The van der Waals surface area contributed by atoms with E-state index in [1.165, 1.54) is 0 Å². The molecule has 1 N–H and O–H groups in total. The Morgan fingerprint density at radius 3 is 2.46 bits per heavy atom. The second-order valence-electron chi connectivity index (χ2n) is 7.58. The van der Waals surface area contributed by atoms with Gasteiger partial charge in [-0.2, -0.15) is 0 Å². The minimum absolute atomic E-state index is 0.0199. The van der Waals surface area contributed by atoms with E-state index in [1.54, 1.807) is 0 Å². The van der Waals surface area contributed by atoms with Crippen LogP contribution in [-0.4, -0.2) is 53.0 Å². The van der Waals surface area contributed by atoms with Crippen LogP contribution in [0.1, 0.15) is 38.2 Å². The van der Waals surface area contributed by atoms with E-state index in [2.05, 4.69) is 49.9 Å². The fraction of sp³-hybridized carbons (Fsp3) is 0.476. The predicted octanol–water partition coefficient (Wildman–Crippen LogP) is 3.82. The summed E-state index contributed by atoms with van der Waals surface area (Å²) >= 11 is 3.44. The molecule has 150 valence electrons. The number of aromatic nitrogens is 2. The summed E-state index contributed by atoms with van der Waals surface area (Å²) in [4.78, 5) is 26.4. The van der Waals surface area contributed by atoms with E-state index >= 15 is 0 Å². The first-order chi connectivity index (χ1) is 13.3. The normalized spacial score (nSPS) is 16.3. The quantitative estimate of drug-likeness (QED) is 0.757. The maximum atomic E-state index is 12.6. The largest absolute Gasteiger partial charge is 0.354 e. The van der Waals surface area contributed by atoms with Crippen LogP contribution in [-0.2, 0) is 4.79 Å². The fourth-order valence-corrected chi connectivity index (χ4v) is 3.71. The van der Waals surface area contributed by atoms with Crippen LogP contribution in [0.3, 0.4) is 0 Å². The second-order valence-corrected chi connectivity index (χ2v) is 8.49. The first-order valence-electron chi connectivity index (χ1n) is 9.74. The zero-order valence-corrected chi connectivity index (χ0v) is 18.5. The summed E-state index contributed by atoms with van der Waals surface area (Å²) in [5.41, 5.74) is 1.81. The van der Waals surface area contributed by atoms with Gasteiger partial charge >= 0.3 is 0 Å². The fourth-order valence-electron chi connectivity index (χ4n) is 3.31. The van der Waals surface area contributed by atoms with Gasteiger partial charge in [-0.15, -0.1) is 0 Å². The molecule has 0 aliphatic carbocycles. The molecule has 1 saturated heterocycles. The number of hydrogen-bond donors (Lipinski definition) is 1. The third kappa shape index (κ3) is 5.08. The number of rotatable bonds is 5.